The third-order valence-corrected chi connectivity index (χ3v) is 8.27. The number of rotatable bonds is 3. The van der Waals surface area contributed by atoms with Crippen molar-refractivity contribution in [2.24, 2.45) is 40.9 Å². The van der Waals surface area contributed by atoms with Crippen molar-refractivity contribution in [3.8, 4) is 6.07 Å². The fraction of sp³-hybridized carbons (Fsp3) is 0.957. The maximum atomic E-state index is 10.6. The largest absolute Gasteiger partial charge is 0.198 e. The molecule has 3 aliphatic rings. The zero-order valence-electron chi connectivity index (χ0n) is 16.4. The molecule has 3 rings (SSSR count). The zero-order valence-corrected chi connectivity index (χ0v) is 16.4. The maximum absolute atomic E-state index is 10.6. The Labute approximate surface area is 150 Å². The second-order valence-electron chi connectivity index (χ2n) is 9.92. The molecule has 3 aliphatic carbocycles. The van der Waals surface area contributed by atoms with Crippen molar-refractivity contribution >= 4 is 0 Å². The number of nitriles is 1. The Hall–Kier alpha value is -0.510. The standard InChI is InChI=1S/C23H39N/c1-17-4-10-20(11-5-17)23(16-24,21-12-6-18(2)7-13-21)22-14-8-19(3)9-15-22/h17-22H,4-15H2,1-3H3. The van der Waals surface area contributed by atoms with Crippen molar-refractivity contribution in [1.82, 2.24) is 0 Å². The van der Waals surface area contributed by atoms with E-state index in [1.807, 2.05) is 0 Å². The van der Waals surface area contributed by atoms with E-state index < -0.39 is 0 Å². The molecule has 0 N–H and O–H groups in total. The number of hydrogen-bond acceptors (Lipinski definition) is 1. The lowest BCUT2D eigenvalue weighted by Gasteiger charge is -2.51. The van der Waals surface area contributed by atoms with Crippen LogP contribution >= 0.6 is 0 Å². The molecule has 0 radical (unpaired) electrons. The van der Waals surface area contributed by atoms with Gasteiger partial charge in [0.1, 0.15) is 0 Å². The maximum Gasteiger partial charge on any atom is 0.0698 e. The van der Waals surface area contributed by atoms with Crippen LogP contribution in [0.2, 0.25) is 0 Å². The van der Waals surface area contributed by atoms with Gasteiger partial charge in [-0.15, -0.1) is 0 Å². The van der Waals surface area contributed by atoms with Crippen molar-refractivity contribution in [3.63, 3.8) is 0 Å². The van der Waals surface area contributed by atoms with Gasteiger partial charge in [0, 0.05) is 0 Å². The Morgan fingerprint density at radius 1 is 0.542 bits per heavy atom. The normalized spacial score (nSPS) is 43.6. The monoisotopic (exact) mass is 329 g/mol. The second kappa shape index (κ2) is 7.80. The highest BCUT2D eigenvalue weighted by molar-refractivity contribution is 5.12. The van der Waals surface area contributed by atoms with Crippen molar-refractivity contribution in [2.45, 2.75) is 97.8 Å². The molecule has 0 aromatic rings. The van der Waals surface area contributed by atoms with E-state index in [-0.39, 0.29) is 5.41 Å². The molecule has 3 fully saturated rings. The summed E-state index contributed by atoms with van der Waals surface area (Å²) in [5, 5.41) is 10.6. The van der Waals surface area contributed by atoms with E-state index in [0.717, 1.165) is 17.8 Å². The van der Waals surface area contributed by atoms with Gasteiger partial charge in [-0.1, -0.05) is 59.3 Å². The summed E-state index contributed by atoms with van der Waals surface area (Å²) in [5.74, 6) is 4.72. The van der Waals surface area contributed by atoms with Gasteiger partial charge in [-0.2, -0.15) is 5.26 Å². The summed E-state index contributed by atoms with van der Waals surface area (Å²) in [6.45, 7) is 7.23. The smallest absolute Gasteiger partial charge is 0.0698 e. The summed E-state index contributed by atoms with van der Waals surface area (Å²) in [7, 11) is 0. The Morgan fingerprint density at radius 3 is 1.00 bits per heavy atom. The van der Waals surface area contributed by atoms with E-state index in [9.17, 15) is 5.26 Å². The Morgan fingerprint density at radius 2 is 0.792 bits per heavy atom. The highest BCUT2D eigenvalue weighted by Crippen LogP contribution is 2.57. The molecule has 24 heavy (non-hydrogen) atoms. The van der Waals surface area contributed by atoms with Crippen molar-refractivity contribution < 1.29 is 0 Å². The third-order valence-electron chi connectivity index (χ3n) is 8.27. The van der Waals surface area contributed by atoms with Gasteiger partial charge in [-0.3, -0.25) is 0 Å². The van der Waals surface area contributed by atoms with Crippen molar-refractivity contribution in [2.75, 3.05) is 0 Å². The van der Waals surface area contributed by atoms with Gasteiger partial charge in [0.25, 0.3) is 0 Å². The molecule has 0 spiro atoms. The van der Waals surface area contributed by atoms with Crippen LogP contribution in [-0.2, 0) is 0 Å². The van der Waals surface area contributed by atoms with Crippen LogP contribution in [0.3, 0.4) is 0 Å². The zero-order chi connectivity index (χ0) is 17.2. The number of hydrogen-bond donors (Lipinski definition) is 0. The first-order valence-electron chi connectivity index (χ1n) is 11.0. The lowest BCUT2D eigenvalue weighted by atomic mass is 9.51. The first kappa shape index (κ1) is 18.3. The van der Waals surface area contributed by atoms with Gasteiger partial charge in [-0.25, -0.2) is 0 Å². The van der Waals surface area contributed by atoms with Crippen molar-refractivity contribution in [3.05, 3.63) is 0 Å². The Kier molecular flexibility index (Phi) is 5.94. The average Bonchev–Trinajstić information content (AvgIpc) is 2.60. The first-order chi connectivity index (χ1) is 11.6. The minimum Gasteiger partial charge on any atom is -0.198 e. The molecule has 0 heterocycles. The summed E-state index contributed by atoms with van der Waals surface area (Å²) >= 11 is 0. The quantitative estimate of drug-likeness (QED) is 0.548. The van der Waals surface area contributed by atoms with Crippen LogP contribution < -0.4 is 0 Å². The van der Waals surface area contributed by atoms with Gasteiger partial charge in [0.15, 0.2) is 0 Å². The van der Waals surface area contributed by atoms with Crippen LogP contribution in [0.1, 0.15) is 97.8 Å². The molecule has 0 atom stereocenters. The van der Waals surface area contributed by atoms with Gasteiger partial charge in [0.05, 0.1) is 11.5 Å². The average molecular weight is 330 g/mol. The molecule has 0 aromatic carbocycles. The van der Waals surface area contributed by atoms with Crippen LogP contribution in [0.15, 0.2) is 0 Å². The SMILES string of the molecule is CC1CCC(C(C#N)(C2CCC(C)CC2)C2CCC(C)CC2)CC1. The molecule has 0 amide bonds. The molecule has 1 nitrogen and oxygen atoms in total. The van der Waals surface area contributed by atoms with E-state index in [4.69, 9.17) is 0 Å². The Balaban J connectivity index is 1.85. The van der Waals surface area contributed by atoms with Crippen LogP contribution in [0.25, 0.3) is 0 Å². The molecule has 0 aliphatic heterocycles. The fourth-order valence-electron chi connectivity index (χ4n) is 6.49. The van der Waals surface area contributed by atoms with Crippen LogP contribution in [0, 0.1) is 52.3 Å². The van der Waals surface area contributed by atoms with E-state index in [2.05, 4.69) is 26.8 Å². The van der Waals surface area contributed by atoms with Crippen LogP contribution in [-0.4, -0.2) is 0 Å². The molecule has 1 heteroatoms. The lowest BCUT2D eigenvalue weighted by molar-refractivity contribution is -0.0130. The molecule has 0 unspecified atom stereocenters. The van der Waals surface area contributed by atoms with Gasteiger partial charge >= 0.3 is 0 Å². The highest BCUT2D eigenvalue weighted by Gasteiger charge is 2.52. The summed E-state index contributed by atoms with van der Waals surface area (Å²) in [6.07, 6.45) is 16.1. The van der Waals surface area contributed by atoms with Crippen molar-refractivity contribution in [1.29, 1.82) is 5.26 Å². The summed E-state index contributed by atoms with van der Waals surface area (Å²) in [5.41, 5.74) is 0.0143. The first-order valence-corrected chi connectivity index (χ1v) is 11.0. The predicted octanol–water partition coefficient (Wildman–Crippen LogP) is 6.98. The molecule has 3 saturated carbocycles. The molecule has 0 aromatic heterocycles. The molecular formula is C23H39N. The summed E-state index contributed by atoms with van der Waals surface area (Å²) in [6, 6.07) is 3.07. The third kappa shape index (κ3) is 3.54. The predicted molar refractivity (Wildman–Crippen MR) is 101 cm³/mol. The Bertz CT molecular complexity index is 368. The van der Waals surface area contributed by atoms with Gasteiger partial charge in [-0.05, 0) is 74.0 Å². The van der Waals surface area contributed by atoms with E-state index in [1.54, 1.807) is 0 Å². The van der Waals surface area contributed by atoms with Gasteiger partial charge < -0.3 is 0 Å². The molecule has 0 bridgehead atoms. The van der Waals surface area contributed by atoms with Crippen LogP contribution in [0.5, 0.6) is 0 Å². The van der Waals surface area contributed by atoms with E-state index in [0.29, 0.717) is 17.8 Å². The topological polar surface area (TPSA) is 23.8 Å². The minimum absolute atomic E-state index is 0.0143. The molecule has 136 valence electrons. The van der Waals surface area contributed by atoms with Crippen LogP contribution in [0.4, 0.5) is 0 Å². The fourth-order valence-corrected chi connectivity index (χ4v) is 6.49. The highest BCUT2D eigenvalue weighted by atomic mass is 14.6. The lowest BCUT2D eigenvalue weighted by Crippen LogP contribution is -2.47. The van der Waals surface area contributed by atoms with E-state index >= 15 is 0 Å². The molecule has 0 saturated heterocycles. The number of nitrogens with zero attached hydrogens (tertiary/aromatic N) is 1. The molecular weight excluding hydrogens is 290 g/mol. The van der Waals surface area contributed by atoms with Gasteiger partial charge in [0.2, 0.25) is 0 Å². The van der Waals surface area contributed by atoms with E-state index in [1.165, 1.54) is 77.0 Å². The summed E-state index contributed by atoms with van der Waals surface area (Å²) in [4.78, 5) is 0. The second-order valence-corrected chi connectivity index (χ2v) is 9.92. The summed E-state index contributed by atoms with van der Waals surface area (Å²) < 4.78 is 0. The minimum atomic E-state index is 0.0143.